The second-order valence-electron chi connectivity index (χ2n) is 7.58. The van der Waals surface area contributed by atoms with Crippen molar-refractivity contribution in [2.45, 2.75) is 43.9 Å². The summed E-state index contributed by atoms with van der Waals surface area (Å²) in [4.78, 5) is 29.5. The first-order valence-electron chi connectivity index (χ1n) is 9.59. The highest BCUT2D eigenvalue weighted by Crippen LogP contribution is 2.41. The van der Waals surface area contributed by atoms with Gasteiger partial charge in [-0.15, -0.1) is 0 Å². The average molecular weight is 377 g/mol. The van der Waals surface area contributed by atoms with E-state index >= 15 is 0 Å². The van der Waals surface area contributed by atoms with E-state index in [1.54, 1.807) is 12.1 Å². The second kappa shape index (κ2) is 8.35. The molecule has 1 saturated heterocycles. The van der Waals surface area contributed by atoms with Crippen molar-refractivity contribution < 1.29 is 18.7 Å². The normalized spacial score (nSPS) is 21.6. The number of ether oxygens (including phenoxy) is 1. The average Bonchev–Trinajstić information content (AvgIpc) is 3.00. The van der Waals surface area contributed by atoms with Gasteiger partial charge in [0.2, 0.25) is 5.91 Å². The Hall–Kier alpha value is -1.99. The van der Waals surface area contributed by atoms with Gasteiger partial charge in [0, 0.05) is 13.1 Å². The van der Waals surface area contributed by atoms with Crippen molar-refractivity contribution in [1.82, 2.24) is 15.1 Å². The lowest BCUT2D eigenvalue weighted by Crippen LogP contribution is -2.56. The lowest BCUT2D eigenvalue weighted by atomic mass is 9.89. The summed E-state index contributed by atoms with van der Waals surface area (Å²) in [7, 11) is 3.85. The molecule has 1 aromatic rings. The largest absolute Gasteiger partial charge is 0.353 e. The van der Waals surface area contributed by atoms with E-state index in [4.69, 9.17) is 4.74 Å². The third kappa shape index (κ3) is 4.14. The first-order valence-corrected chi connectivity index (χ1v) is 9.59. The van der Waals surface area contributed by atoms with Crippen molar-refractivity contribution in [3.63, 3.8) is 0 Å². The zero-order chi connectivity index (χ0) is 19.4. The van der Waals surface area contributed by atoms with Crippen molar-refractivity contribution in [2.24, 2.45) is 0 Å². The zero-order valence-electron chi connectivity index (χ0n) is 16.0. The molecule has 0 bridgehead atoms. The molecule has 1 aromatic carbocycles. The molecule has 7 heteroatoms. The fourth-order valence-corrected chi connectivity index (χ4v) is 3.96. The van der Waals surface area contributed by atoms with Crippen LogP contribution in [0.5, 0.6) is 0 Å². The Morgan fingerprint density at radius 1 is 1.26 bits per heavy atom. The smallest absolute Gasteiger partial charge is 0.259 e. The number of carbonyl (C=O) groups excluding carboxylic acids is 2. The summed E-state index contributed by atoms with van der Waals surface area (Å²) < 4.78 is 20.3. The lowest BCUT2D eigenvalue weighted by Gasteiger charge is -2.41. The number of hydrogen-bond acceptors (Lipinski definition) is 4. The number of halogens is 1. The summed E-state index contributed by atoms with van der Waals surface area (Å²) in [5.41, 5.74) is -0.819. The molecule has 6 nitrogen and oxygen atoms in total. The minimum Gasteiger partial charge on any atom is -0.353 e. The Balaban J connectivity index is 1.85. The van der Waals surface area contributed by atoms with E-state index in [1.807, 2.05) is 19.0 Å². The highest BCUT2D eigenvalue weighted by Gasteiger charge is 2.53. The highest BCUT2D eigenvalue weighted by molar-refractivity contribution is 5.98. The van der Waals surface area contributed by atoms with E-state index < -0.39 is 23.5 Å². The number of hydrogen-bond donors (Lipinski definition) is 1. The van der Waals surface area contributed by atoms with Gasteiger partial charge in [-0.1, -0.05) is 18.6 Å². The predicted molar refractivity (Wildman–Crippen MR) is 99.7 cm³/mol. The number of amides is 2. The molecule has 0 aromatic heterocycles. The van der Waals surface area contributed by atoms with Gasteiger partial charge in [0.1, 0.15) is 17.6 Å². The third-order valence-electron chi connectivity index (χ3n) is 5.38. The van der Waals surface area contributed by atoms with Crippen molar-refractivity contribution in [3.05, 3.63) is 35.6 Å². The van der Waals surface area contributed by atoms with Crippen LogP contribution >= 0.6 is 0 Å². The van der Waals surface area contributed by atoms with Gasteiger partial charge in [-0.2, -0.15) is 0 Å². The molecular formula is C20H28FN3O3. The molecule has 1 N–H and O–H groups in total. The zero-order valence-corrected chi connectivity index (χ0v) is 16.0. The molecule has 1 aliphatic carbocycles. The number of nitrogens with one attached hydrogen (secondary N) is 1. The van der Waals surface area contributed by atoms with Crippen molar-refractivity contribution in [3.8, 4) is 0 Å². The van der Waals surface area contributed by atoms with E-state index in [9.17, 15) is 14.0 Å². The minimum atomic E-state index is -0.804. The van der Waals surface area contributed by atoms with E-state index in [-0.39, 0.29) is 18.1 Å². The topological polar surface area (TPSA) is 61.9 Å². The molecule has 2 fully saturated rings. The Bertz CT molecular complexity index is 689. The molecule has 2 aliphatic rings. The summed E-state index contributed by atoms with van der Waals surface area (Å²) in [5.74, 6) is -1.30. The van der Waals surface area contributed by atoms with Gasteiger partial charge < -0.3 is 15.0 Å². The highest BCUT2D eigenvalue weighted by atomic mass is 19.1. The van der Waals surface area contributed by atoms with Crippen LogP contribution in [0.25, 0.3) is 0 Å². The molecule has 1 aliphatic heterocycles. The molecule has 1 saturated carbocycles. The second-order valence-corrected chi connectivity index (χ2v) is 7.58. The molecule has 1 spiro atoms. The van der Waals surface area contributed by atoms with Crippen LogP contribution < -0.4 is 5.32 Å². The van der Waals surface area contributed by atoms with Gasteiger partial charge in [-0.05, 0) is 51.9 Å². The summed E-state index contributed by atoms with van der Waals surface area (Å²) in [6, 6.07) is 5.18. The van der Waals surface area contributed by atoms with Gasteiger partial charge in [-0.3, -0.25) is 14.5 Å². The van der Waals surface area contributed by atoms with Gasteiger partial charge in [0.15, 0.2) is 0 Å². The van der Waals surface area contributed by atoms with Gasteiger partial charge in [-0.25, -0.2) is 4.39 Å². The summed E-state index contributed by atoms with van der Waals surface area (Å²) in [6.07, 6.45) is 4.28. The van der Waals surface area contributed by atoms with Crippen LogP contribution in [-0.4, -0.2) is 67.2 Å². The third-order valence-corrected chi connectivity index (χ3v) is 5.38. The van der Waals surface area contributed by atoms with Gasteiger partial charge >= 0.3 is 0 Å². The Kier molecular flexibility index (Phi) is 6.11. The number of nitrogens with zero attached hydrogens (tertiary/aromatic N) is 2. The van der Waals surface area contributed by atoms with Crippen LogP contribution in [0.15, 0.2) is 24.3 Å². The SMILES string of the molecule is CN(C)CCNC(=O)[C@H]1COC2(CCCCC2)N1C(=O)c1ccccc1F. The number of carbonyl (C=O) groups is 2. The Morgan fingerprint density at radius 2 is 1.96 bits per heavy atom. The van der Waals surface area contributed by atoms with Crippen molar-refractivity contribution in [1.29, 1.82) is 0 Å². The standard InChI is InChI=1S/C20H28FN3O3/c1-23(2)13-12-22-18(25)17-14-27-20(10-6-3-7-11-20)24(17)19(26)15-8-4-5-9-16(15)21/h4-5,8-9,17H,3,6-7,10-14H2,1-2H3,(H,22,25)/t17-/m1/s1. The molecule has 0 radical (unpaired) electrons. The van der Waals surface area contributed by atoms with E-state index in [0.717, 1.165) is 19.3 Å². The Morgan fingerprint density at radius 3 is 2.63 bits per heavy atom. The first-order chi connectivity index (χ1) is 12.9. The predicted octanol–water partition coefficient (Wildman–Crippen LogP) is 2.00. The summed E-state index contributed by atoms with van der Waals surface area (Å²) in [5, 5.41) is 2.88. The van der Waals surface area contributed by atoms with Crippen LogP contribution in [0.4, 0.5) is 4.39 Å². The molecule has 1 heterocycles. The maximum atomic E-state index is 14.3. The molecule has 2 amide bonds. The summed E-state index contributed by atoms with van der Waals surface area (Å²) in [6.45, 7) is 1.33. The van der Waals surface area contributed by atoms with Gasteiger partial charge in [0.05, 0.1) is 12.2 Å². The monoisotopic (exact) mass is 377 g/mol. The van der Waals surface area contributed by atoms with E-state index in [0.29, 0.717) is 25.9 Å². The van der Waals surface area contributed by atoms with Crippen LogP contribution in [0.3, 0.4) is 0 Å². The maximum Gasteiger partial charge on any atom is 0.259 e. The fraction of sp³-hybridized carbons (Fsp3) is 0.600. The fourth-order valence-electron chi connectivity index (χ4n) is 3.96. The molecule has 1 atom stereocenters. The van der Waals surface area contributed by atoms with Crippen LogP contribution in [0.2, 0.25) is 0 Å². The molecule has 3 rings (SSSR count). The van der Waals surface area contributed by atoms with Crippen LogP contribution in [0.1, 0.15) is 42.5 Å². The van der Waals surface area contributed by atoms with E-state index in [1.165, 1.54) is 17.0 Å². The van der Waals surface area contributed by atoms with Crippen molar-refractivity contribution in [2.75, 3.05) is 33.8 Å². The quantitative estimate of drug-likeness (QED) is 0.853. The molecular weight excluding hydrogens is 349 g/mol. The number of likely N-dealkylation sites (N-methyl/N-ethyl adjacent to an activating group) is 1. The van der Waals surface area contributed by atoms with Crippen LogP contribution in [0, 0.1) is 5.82 Å². The summed E-state index contributed by atoms with van der Waals surface area (Å²) >= 11 is 0. The van der Waals surface area contributed by atoms with E-state index in [2.05, 4.69) is 5.32 Å². The first kappa shape index (κ1) is 19.8. The minimum absolute atomic E-state index is 0.0148. The van der Waals surface area contributed by atoms with Crippen LogP contribution in [-0.2, 0) is 9.53 Å². The lowest BCUT2D eigenvalue weighted by molar-refractivity contribution is -0.127. The number of rotatable bonds is 5. The molecule has 0 unspecified atom stereocenters. The van der Waals surface area contributed by atoms with Crippen molar-refractivity contribution >= 4 is 11.8 Å². The number of benzene rings is 1. The van der Waals surface area contributed by atoms with Gasteiger partial charge in [0.25, 0.3) is 5.91 Å². The maximum absolute atomic E-state index is 14.3. The molecule has 27 heavy (non-hydrogen) atoms. The Labute approximate surface area is 159 Å². The molecule has 148 valence electrons.